The van der Waals surface area contributed by atoms with Crippen molar-refractivity contribution in [3.63, 3.8) is 0 Å². The molecule has 0 aliphatic carbocycles. The van der Waals surface area contributed by atoms with Gasteiger partial charge in [0.05, 0.1) is 12.2 Å². The molecule has 0 atom stereocenters. The van der Waals surface area contributed by atoms with Gasteiger partial charge in [-0.1, -0.05) is 72.7 Å². The third kappa shape index (κ3) is 5.69. The fourth-order valence-corrected chi connectivity index (χ4v) is 3.50. The summed E-state index contributed by atoms with van der Waals surface area (Å²) >= 11 is 0. The second-order valence-electron chi connectivity index (χ2n) is 7.68. The van der Waals surface area contributed by atoms with Crippen LogP contribution in [0.15, 0.2) is 71.4 Å². The van der Waals surface area contributed by atoms with E-state index in [0.29, 0.717) is 37.6 Å². The first-order valence-corrected chi connectivity index (χ1v) is 10.9. The Morgan fingerprint density at radius 2 is 1.78 bits per heavy atom. The van der Waals surface area contributed by atoms with Crippen LogP contribution in [0, 0.1) is 0 Å². The topological polar surface area (TPSA) is 85.8 Å². The molecule has 0 unspecified atom stereocenters. The lowest BCUT2D eigenvalue weighted by molar-refractivity contribution is -0.121. The lowest BCUT2D eigenvalue weighted by Gasteiger charge is -2.05. The molecule has 2 aromatic heterocycles. The Labute approximate surface area is 187 Å². The average molecular weight is 430 g/mol. The average Bonchev–Trinajstić information content (AvgIpc) is 3.44. The number of aryl methyl sites for hydroxylation is 2. The van der Waals surface area contributed by atoms with E-state index in [-0.39, 0.29) is 5.91 Å². The molecule has 0 radical (unpaired) electrons. The number of hydrogen-bond donors (Lipinski definition) is 1. The Morgan fingerprint density at radius 1 is 1.03 bits per heavy atom. The molecule has 4 rings (SSSR count). The van der Waals surface area contributed by atoms with Crippen LogP contribution in [0.4, 0.5) is 0 Å². The van der Waals surface area contributed by atoms with Crippen molar-refractivity contribution in [1.82, 2.24) is 25.2 Å². The molecule has 2 aromatic carbocycles. The van der Waals surface area contributed by atoms with Crippen molar-refractivity contribution >= 4 is 5.91 Å². The third-order valence-electron chi connectivity index (χ3n) is 5.10. The van der Waals surface area contributed by atoms with Gasteiger partial charge in [-0.3, -0.25) is 9.48 Å². The summed E-state index contributed by atoms with van der Waals surface area (Å²) in [5.41, 5.74) is 4.05. The van der Waals surface area contributed by atoms with Gasteiger partial charge in [0.1, 0.15) is 0 Å². The molecule has 0 aliphatic rings. The molecule has 164 valence electrons. The summed E-state index contributed by atoms with van der Waals surface area (Å²) in [5, 5.41) is 11.7. The summed E-state index contributed by atoms with van der Waals surface area (Å²) in [6.07, 6.45) is 4.48. The van der Waals surface area contributed by atoms with Crippen molar-refractivity contribution in [1.29, 1.82) is 0 Å². The number of hydrogen-bond acceptors (Lipinski definition) is 5. The van der Waals surface area contributed by atoms with Crippen LogP contribution in [0.3, 0.4) is 0 Å². The maximum Gasteiger partial charge on any atom is 0.227 e. The second-order valence-corrected chi connectivity index (χ2v) is 7.68. The second kappa shape index (κ2) is 10.5. The number of nitrogens with zero attached hydrogens (tertiary/aromatic N) is 4. The number of rotatable bonds is 10. The monoisotopic (exact) mass is 429 g/mol. The largest absolute Gasteiger partial charge is 0.352 e. The van der Waals surface area contributed by atoms with Crippen LogP contribution in [0.1, 0.15) is 42.6 Å². The lowest BCUT2D eigenvalue weighted by Crippen LogP contribution is -2.23. The van der Waals surface area contributed by atoms with Gasteiger partial charge in [-0.15, -0.1) is 0 Å². The molecule has 0 saturated heterocycles. The first kappa shape index (κ1) is 21.5. The standard InChI is InChI=1S/C25H27N5O2/c1-2-9-22-27-24(32-29-22)15-14-23(31)26-16-21-18-30(17-19-10-5-3-6-11-19)28-25(21)20-12-7-4-8-13-20/h3-8,10-13,18H,2,9,14-17H2,1H3,(H,26,31). The highest BCUT2D eigenvalue weighted by Crippen LogP contribution is 2.22. The maximum absolute atomic E-state index is 12.4. The van der Waals surface area contributed by atoms with Gasteiger partial charge >= 0.3 is 0 Å². The van der Waals surface area contributed by atoms with E-state index in [0.717, 1.165) is 29.7 Å². The number of amides is 1. The summed E-state index contributed by atoms with van der Waals surface area (Å²) in [7, 11) is 0. The van der Waals surface area contributed by atoms with Crippen LogP contribution >= 0.6 is 0 Å². The van der Waals surface area contributed by atoms with Gasteiger partial charge in [0.25, 0.3) is 0 Å². The van der Waals surface area contributed by atoms with E-state index < -0.39 is 0 Å². The van der Waals surface area contributed by atoms with E-state index >= 15 is 0 Å². The van der Waals surface area contributed by atoms with Crippen LogP contribution in [0.25, 0.3) is 11.3 Å². The summed E-state index contributed by atoms with van der Waals surface area (Å²) in [6.45, 7) is 3.14. The summed E-state index contributed by atoms with van der Waals surface area (Å²) in [4.78, 5) is 16.8. The Kier molecular flexibility index (Phi) is 7.07. The fraction of sp³-hybridized carbons (Fsp3) is 0.280. The molecule has 0 bridgehead atoms. The fourth-order valence-electron chi connectivity index (χ4n) is 3.50. The maximum atomic E-state index is 12.4. The predicted molar refractivity (Wildman–Crippen MR) is 122 cm³/mol. The highest BCUT2D eigenvalue weighted by molar-refractivity contribution is 5.76. The molecule has 0 fully saturated rings. The van der Waals surface area contributed by atoms with E-state index in [2.05, 4.69) is 34.5 Å². The van der Waals surface area contributed by atoms with E-state index in [1.165, 1.54) is 5.56 Å². The molecule has 4 aromatic rings. The van der Waals surface area contributed by atoms with Crippen LogP contribution in [-0.2, 0) is 30.7 Å². The van der Waals surface area contributed by atoms with Gasteiger partial charge in [0.15, 0.2) is 5.82 Å². The molecule has 7 nitrogen and oxygen atoms in total. The highest BCUT2D eigenvalue weighted by atomic mass is 16.5. The molecule has 7 heteroatoms. The summed E-state index contributed by atoms with van der Waals surface area (Å²) in [5.74, 6) is 1.14. The Balaban J connectivity index is 1.41. The normalized spacial score (nSPS) is 10.9. The number of carbonyl (C=O) groups is 1. The van der Waals surface area contributed by atoms with Gasteiger partial charge in [0.2, 0.25) is 11.8 Å². The minimum Gasteiger partial charge on any atom is -0.352 e. The zero-order chi connectivity index (χ0) is 22.2. The quantitative estimate of drug-likeness (QED) is 0.409. The van der Waals surface area contributed by atoms with Crippen LogP contribution in [0.2, 0.25) is 0 Å². The molecular formula is C25H27N5O2. The highest BCUT2D eigenvalue weighted by Gasteiger charge is 2.14. The SMILES string of the molecule is CCCc1noc(CCC(=O)NCc2cn(Cc3ccccc3)nc2-c2ccccc2)n1. The molecule has 0 aliphatic heterocycles. The van der Waals surface area contributed by atoms with E-state index in [1.54, 1.807) is 0 Å². The zero-order valence-electron chi connectivity index (χ0n) is 18.2. The van der Waals surface area contributed by atoms with Gasteiger partial charge in [-0.05, 0) is 12.0 Å². The predicted octanol–water partition coefficient (Wildman–Crippen LogP) is 4.18. The number of aromatic nitrogens is 4. The van der Waals surface area contributed by atoms with E-state index in [9.17, 15) is 4.79 Å². The molecule has 2 heterocycles. The van der Waals surface area contributed by atoms with Gasteiger partial charge in [-0.25, -0.2) is 0 Å². The van der Waals surface area contributed by atoms with Crippen molar-refractivity contribution in [2.24, 2.45) is 0 Å². The van der Waals surface area contributed by atoms with Gasteiger partial charge in [0, 0.05) is 43.1 Å². The summed E-state index contributed by atoms with van der Waals surface area (Å²) in [6, 6.07) is 20.2. The molecule has 1 N–H and O–H groups in total. The molecule has 1 amide bonds. The first-order chi connectivity index (χ1) is 15.7. The zero-order valence-corrected chi connectivity index (χ0v) is 18.2. The van der Waals surface area contributed by atoms with Crippen LogP contribution in [0.5, 0.6) is 0 Å². The van der Waals surface area contributed by atoms with Crippen molar-refractivity contribution in [2.45, 2.75) is 45.7 Å². The van der Waals surface area contributed by atoms with Gasteiger partial charge in [-0.2, -0.15) is 10.1 Å². The first-order valence-electron chi connectivity index (χ1n) is 10.9. The third-order valence-corrected chi connectivity index (χ3v) is 5.10. The lowest BCUT2D eigenvalue weighted by atomic mass is 10.1. The number of benzene rings is 2. The van der Waals surface area contributed by atoms with E-state index in [4.69, 9.17) is 9.62 Å². The molecule has 0 saturated carbocycles. The van der Waals surface area contributed by atoms with Crippen molar-refractivity contribution in [3.05, 3.63) is 89.7 Å². The molecule has 0 spiro atoms. The van der Waals surface area contributed by atoms with Crippen molar-refractivity contribution in [3.8, 4) is 11.3 Å². The minimum absolute atomic E-state index is 0.0601. The summed E-state index contributed by atoms with van der Waals surface area (Å²) < 4.78 is 7.14. The van der Waals surface area contributed by atoms with Crippen molar-refractivity contribution in [2.75, 3.05) is 0 Å². The Morgan fingerprint density at radius 3 is 2.53 bits per heavy atom. The smallest absolute Gasteiger partial charge is 0.227 e. The van der Waals surface area contributed by atoms with Crippen LogP contribution < -0.4 is 5.32 Å². The molecular weight excluding hydrogens is 402 g/mol. The number of carbonyl (C=O) groups excluding carboxylic acids is 1. The minimum atomic E-state index is -0.0601. The van der Waals surface area contributed by atoms with Crippen LogP contribution in [-0.4, -0.2) is 25.8 Å². The number of nitrogens with one attached hydrogen (secondary N) is 1. The van der Waals surface area contributed by atoms with Crippen molar-refractivity contribution < 1.29 is 9.32 Å². The van der Waals surface area contributed by atoms with E-state index in [1.807, 2.05) is 59.4 Å². The molecule has 32 heavy (non-hydrogen) atoms. The van der Waals surface area contributed by atoms with Gasteiger partial charge < -0.3 is 9.84 Å². The Hall–Kier alpha value is -3.74. The Bertz CT molecular complexity index is 1140.